The van der Waals surface area contributed by atoms with Crippen LogP contribution in [-0.2, 0) is 4.74 Å². The Kier molecular flexibility index (Phi) is 3.97. The molecule has 4 nitrogen and oxygen atoms in total. The molecule has 1 aliphatic heterocycles. The van der Waals surface area contributed by atoms with Crippen LogP contribution in [0.4, 0.5) is 4.79 Å². The predicted octanol–water partition coefficient (Wildman–Crippen LogP) is 1.46. The fraction of sp³-hybridized carbons (Fsp3) is 0.909. The molecule has 0 bridgehead atoms. The summed E-state index contributed by atoms with van der Waals surface area (Å²) in [7, 11) is 0. The van der Waals surface area contributed by atoms with Gasteiger partial charge in [0.05, 0.1) is 12.1 Å². The molecule has 1 aliphatic rings. The monoisotopic (exact) mass is 214 g/mol. The molecule has 1 heterocycles. The predicted molar refractivity (Wildman–Crippen MR) is 59.8 cm³/mol. The topological polar surface area (TPSA) is 41.6 Å². The lowest BCUT2D eigenvalue weighted by molar-refractivity contribution is 0.0441. The minimum absolute atomic E-state index is 0.147. The minimum atomic E-state index is -0.185. The van der Waals surface area contributed by atoms with E-state index in [0.29, 0.717) is 12.5 Å². The number of ether oxygens (including phenoxy) is 1. The Hall–Kier alpha value is -0.770. The second-order valence-corrected chi connectivity index (χ2v) is 5.11. The zero-order valence-electron chi connectivity index (χ0n) is 10.2. The third-order valence-corrected chi connectivity index (χ3v) is 2.56. The van der Waals surface area contributed by atoms with Crippen molar-refractivity contribution in [2.24, 2.45) is 5.92 Å². The number of hydrogen-bond acceptors (Lipinski definition) is 3. The average molecular weight is 214 g/mol. The molecule has 0 unspecified atom stereocenters. The van der Waals surface area contributed by atoms with E-state index in [2.05, 4.69) is 19.2 Å². The highest BCUT2D eigenvalue weighted by molar-refractivity contribution is 5.68. The van der Waals surface area contributed by atoms with E-state index in [-0.39, 0.29) is 11.6 Å². The van der Waals surface area contributed by atoms with Gasteiger partial charge in [-0.05, 0) is 19.8 Å². The van der Waals surface area contributed by atoms with Crippen molar-refractivity contribution < 1.29 is 9.53 Å². The SMILES string of the molecule is CC(C)COC(=O)N1CCNCC1(C)C. The van der Waals surface area contributed by atoms with Gasteiger partial charge in [0.15, 0.2) is 0 Å². The van der Waals surface area contributed by atoms with Crippen LogP contribution in [0.5, 0.6) is 0 Å². The number of nitrogens with one attached hydrogen (secondary N) is 1. The first kappa shape index (κ1) is 12.3. The molecule has 1 fully saturated rings. The van der Waals surface area contributed by atoms with Crippen LogP contribution in [0.3, 0.4) is 0 Å². The maximum atomic E-state index is 11.8. The third-order valence-electron chi connectivity index (χ3n) is 2.56. The van der Waals surface area contributed by atoms with Crippen molar-refractivity contribution >= 4 is 6.09 Å². The van der Waals surface area contributed by atoms with E-state index in [9.17, 15) is 4.79 Å². The van der Waals surface area contributed by atoms with Crippen LogP contribution in [0, 0.1) is 5.92 Å². The molecule has 88 valence electrons. The summed E-state index contributed by atoms with van der Waals surface area (Å²) in [5, 5.41) is 3.28. The van der Waals surface area contributed by atoms with Crippen LogP contribution in [0.15, 0.2) is 0 Å². The van der Waals surface area contributed by atoms with E-state index in [1.54, 1.807) is 0 Å². The summed E-state index contributed by atoms with van der Waals surface area (Å²) in [6.07, 6.45) is -0.185. The van der Waals surface area contributed by atoms with Gasteiger partial charge in [0.25, 0.3) is 0 Å². The maximum absolute atomic E-state index is 11.8. The second kappa shape index (κ2) is 4.84. The van der Waals surface area contributed by atoms with E-state index < -0.39 is 0 Å². The molecule has 1 N–H and O–H groups in total. The Morgan fingerprint density at radius 2 is 2.20 bits per heavy atom. The summed E-state index contributed by atoms with van der Waals surface area (Å²) >= 11 is 0. The molecule has 0 aromatic rings. The van der Waals surface area contributed by atoms with Gasteiger partial charge >= 0.3 is 6.09 Å². The van der Waals surface area contributed by atoms with Crippen molar-refractivity contribution in [1.82, 2.24) is 10.2 Å². The molecular weight excluding hydrogens is 192 g/mol. The zero-order chi connectivity index (χ0) is 11.5. The number of piperazine rings is 1. The van der Waals surface area contributed by atoms with E-state index in [0.717, 1.165) is 19.6 Å². The smallest absolute Gasteiger partial charge is 0.410 e. The molecular formula is C11H22N2O2. The fourth-order valence-corrected chi connectivity index (χ4v) is 1.64. The van der Waals surface area contributed by atoms with Crippen molar-refractivity contribution in [3.63, 3.8) is 0 Å². The van der Waals surface area contributed by atoms with E-state index >= 15 is 0 Å². The van der Waals surface area contributed by atoms with Crippen molar-refractivity contribution in [3.8, 4) is 0 Å². The van der Waals surface area contributed by atoms with Gasteiger partial charge in [0, 0.05) is 19.6 Å². The van der Waals surface area contributed by atoms with Crippen LogP contribution >= 0.6 is 0 Å². The fourth-order valence-electron chi connectivity index (χ4n) is 1.64. The third kappa shape index (κ3) is 3.38. The molecule has 1 amide bonds. The Morgan fingerprint density at radius 3 is 2.73 bits per heavy atom. The van der Waals surface area contributed by atoms with Crippen molar-refractivity contribution in [1.29, 1.82) is 0 Å². The first-order valence-corrected chi connectivity index (χ1v) is 5.58. The molecule has 0 aliphatic carbocycles. The summed E-state index contributed by atoms with van der Waals surface area (Å²) in [6.45, 7) is 11.1. The number of rotatable bonds is 2. The van der Waals surface area contributed by atoms with E-state index in [1.807, 2.05) is 18.7 Å². The Bertz CT molecular complexity index is 227. The van der Waals surface area contributed by atoms with Crippen molar-refractivity contribution in [3.05, 3.63) is 0 Å². The normalized spacial score (nSPS) is 20.5. The van der Waals surface area contributed by atoms with Gasteiger partial charge in [-0.1, -0.05) is 13.8 Å². The first-order valence-electron chi connectivity index (χ1n) is 5.58. The highest BCUT2D eigenvalue weighted by Crippen LogP contribution is 2.17. The van der Waals surface area contributed by atoms with Gasteiger partial charge in [-0.3, -0.25) is 0 Å². The zero-order valence-corrected chi connectivity index (χ0v) is 10.2. The van der Waals surface area contributed by atoms with Gasteiger partial charge < -0.3 is 15.0 Å². The van der Waals surface area contributed by atoms with Crippen LogP contribution in [0.2, 0.25) is 0 Å². The molecule has 0 spiro atoms. The lowest BCUT2D eigenvalue weighted by Gasteiger charge is -2.41. The van der Waals surface area contributed by atoms with Crippen LogP contribution < -0.4 is 5.32 Å². The van der Waals surface area contributed by atoms with Crippen molar-refractivity contribution in [2.75, 3.05) is 26.2 Å². The molecule has 0 saturated carbocycles. The van der Waals surface area contributed by atoms with Gasteiger partial charge in [0.1, 0.15) is 0 Å². The summed E-state index contributed by atoms with van der Waals surface area (Å²) in [5.74, 6) is 0.389. The number of carbonyl (C=O) groups excluding carboxylic acids is 1. The molecule has 0 atom stereocenters. The second-order valence-electron chi connectivity index (χ2n) is 5.11. The van der Waals surface area contributed by atoms with Crippen LogP contribution in [0.25, 0.3) is 0 Å². The summed E-state index contributed by atoms with van der Waals surface area (Å²) in [4.78, 5) is 13.6. The Labute approximate surface area is 92.0 Å². The number of carbonyl (C=O) groups is 1. The summed E-state index contributed by atoms with van der Waals surface area (Å²) in [5.41, 5.74) is -0.147. The van der Waals surface area contributed by atoms with Gasteiger partial charge in [-0.15, -0.1) is 0 Å². The highest BCUT2D eigenvalue weighted by atomic mass is 16.6. The van der Waals surface area contributed by atoms with E-state index in [4.69, 9.17) is 4.74 Å². The number of nitrogens with zero attached hydrogens (tertiary/aromatic N) is 1. The minimum Gasteiger partial charge on any atom is -0.449 e. The highest BCUT2D eigenvalue weighted by Gasteiger charge is 2.34. The molecule has 0 aromatic carbocycles. The summed E-state index contributed by atoms with van der Waals surface area (Å²) < 4.78 is 5.24. The molecule has 1 saturated heterocycles. The van der Waals surface area contributed by atoms with Crippen molar-refractivity contribution in [2.45, 2.75) is 33.2 Å². The molecule has 0 aromatic heterocycles. The first-order chi connectivity index (χ1) is 6.93. The van der Waals surface area contributed by atoms with Gasteiger partial charge in [0.2, 0.25) is 0 Å². The van der Waals surface area contributed by atoms with Crippen LogP contribution in [0.1, 0.15) is 27.7 Å². The average Bonchev–Trinajstić information content (AvgIpc) is 2.13. The standard InChI is InChI=1S/C11H22N2O2/c1-9(2)7-15-10(14)13-6-5-12-8-11(13,3)4/h9,12H,5-8H2,1-4H3. The van der Waals surface area contributed by atoms with Gasteiger partial charge in [-0.2, -0.15) is 0 Å². The van der Waals surface area contributed by atoms with Crippen LogP contribution in [-0.4, -0.2) is 42.8 Å². The molecule has 4 heteroatoms. The largest absolute Gasteiger partial charge is 0.449 e. The van der Waals surface area contributed by atoms with E-state index in [1.165, 1.54) is 0 Å². The lowest BCUT2D eigenvalue weighted by Crippen LogP contribution is -2.60. The lowest BCUT2D eigenvalue weighted by atomic mass is 10.0. The molecule has 15 heavy (non-hydrogen) atoms. The molecule has 0 radical (unpaired) electrons. The number of amides is 1. The number of hydrogen-bond donors (Lipinski definition) is 1. The summed E-state index contributed by atoms with van der Waals surface area (Å²) in [6, 6.07) is 0. The Morgan fingerprint density at radius 1 is 1.53 bits per heavy atom. The maximum Gasteiger partial charge on any atom is 0.410 e. The molecule has 1 rings (SSSR count). The Balaban J connectivity index is 2.49. The van der Waals surface area contributed by atoms with Gasteiger partial charge in [-0.25, -0.2) is 4.79 Å². The quantitative estimate of drug-likeness (QED) is 0.756.